The molecule has 6 nitrogen and oxygen atoms in total. The summed E-state index contributed by atoms with van der Waals surface area (Å²) in [5.74, 6) is 0.262. The lowest BCUT2D eigenvalue weighted by Gasteiger charge is -2.29. The van der Waals surface area contributed by atoms with Crippen molar-refractivity contribution in [3.05, 3.63) is 59.9 Å². The maximum Gasteiger partial charge on any atom is 0.417 e. The molecule has 0 bridgehead atoms. The van der Waals surface area contributed by atoms with Gasteiger partial charge in [-0.3, -0.25) is 4.98 Å². The number of nitrogens with zero attached hydrogens (tertiary/aromatic N) is 4. The van der Waals surface area contributed by atoms with Crippen LogP contribution in [0.15, 0.2) is 54.9 Å². The fourth-order valence-electron chi connectivity index (χ4n) is 3.79. The van der Waals surface area contributed by atoms with Crippen LogP contribution in [0.4, 0.5) is 4.79 Å². The molecular formula is C23H23ClN4O2. The Morgan fingerprint density at radius 2 is 1.87 bits per heavy atom. The molecule has 154 valence electrons. The van der Waals surface area contributed by atoms with E-state index in [9.17, 15) is 4.79 Å². The lowest BCUT2D eigenvalue weighted by molar-refractivity contribution is 0.121. The highest BCUT2D eigenvalue weighted by Crippen LogP contribution is 2.35. The summed E-state index contributed by atoms with van der Waals surface area (Å²) >= 11 is 6.19. The molecule has 0 aliphatic carbocycles. The van der Waals surface area contributed by atoms with Gasteiger partial charge in [-0.05, 0) is 68.8 Å². The molecule has 2 heterocycles. The third-order valence-electron chi connectivity index (χ3n) is 4.99. The summed E-state index contributed by atoms with van der Waals surface area (Å²) in [5.41, 5.74) is 1.60. The molecule has 0 unspecified atom stereocenters. The van der Waals surface area contributed by atoms with Crippen LogP contribution in [0.5, 0.6) is 5.88 Å². The first kappa shape index (κ1) is 20.2. The number of carbonyl (C=O) groups excluding carboxylic acids is 1. The van der Waals surface area contributed by atoms with Gasteiger partial charge in [0.1, 0.15) is 0 Å². The molecule has 0 aliphatic rings. The first-order valence-corrected chi connectivity index (χ1v) is 10.3. The summed E-state index contributed by atoms with van der Waals surface area (Å²) in [7, 11) is 0. The molecule has 0 saturated heterocycles. The molecule has 0 atom stereocenters. The number of benzene rings is 2. The quantitative estimate of drug-likeness (QED) is 0.414. The van der Waals surface area contributed by atoms with Crippen molar-refractivity contribution in [2.75, 3.05) is 0 Å². The molecular weight excluding hydrogens is 400 g/mol. The Labute approximate surface area is 180 Å². The molecule has 0 radical (unpaired) electrons. The summed E-state index contributed by atoms with van der Waals surface area (Å²) < 4.78 is 7.60. The Balaban J connectivity index is 1.92. The summed E-state index contributed by atoms with van der Waals surface area (Å²) in [6, 6.07) is 13.3. The fourth-order valence-corrected chi connectivity index (χ4v) is 3.97. The Hall–Kier alpha value is -3.12. The molecule has 30 heavy (non-hydrogen) atoms. The SMILES string of the molecule is CC(C)N(C(=O)Oc1nn(-c2cccnc2)c2ccc3cc(Cl)ccc3c12)C(C)C. The number of rotatable bonds is 4. The van der Waals surface area contributed by atoms with Crippen LogP contribution < -0.4 is 4.74 Å². The summed E-state index contributed by atoms with van der Waals surface area (Å²) in [5, 5.41) is 7.91. The zero-order chi connectivity index (χ0) is 21.4. The molecule has 0 spiro atoms. The van der Waals surface area contributed by atoms with E-state index in [0.717, 1.165) is 27.4 Å². The van der Waals surface area contributed by atoms with Crippen molar-refractivity contribution in [1.82, 2.24) is 19.7 Å². The van der Waals surface area contributed by atoms with Crippen LogP contribution in [0.25, 0.3) is 27.4 Å². The van der Waals surface area contributed by atoms with E-state index >= 15 is 0 Å². The molecule has 1 amide bonds. The van der Waals surface area contributed by atoms with E-state index < -0.39 is 6.09 Å². The highest BCUT2D eigenvalue weighted by Gasteiger charge is 2.25. The van der Waals surface area contributed by atoms with Crippen molar-refractivity contribution >= 4 is 39.4 Å². The van der Waals surface area contributed by atoms with E-state index in [-0.39, 0.29) is 18.0 Å². The number of ether oxygens (including phenoxy) is 1. The van der Waals surface area contributed by atoms with Crippen LogP contribution >= 0.6 is 11.6 Å². The van der Waals surface area contributed by atoms with Crippen molar-refractivity contribution in [1.29, 1.82) is 0 Å². The third kappa shape index (κ3) is 3.59. The fraction of sp³-hybridized carbons (Fsp3) is 0.261. The van der Waals surface area contributed by atoms with Gasteiger partial charge in [-0.2, -0.15) is 0 Å². The second-order valence-electron chi connectivity index (χ2n) is 7.72. The molecule has 0 fully saturated rings. The second-order valence-corrected chi connectivity index (χ2v) is 8.15. The number of carbonyl (C=O) groups is 1. The van der Waals surface area contributed by atoms with Crippen LogP contribution in [0, 0.1) is 0 Å². The maximum absolute atomic E-state index is 13.0. The van der Waals surface area contributed by atoms with E-state index in [1.54, 1.807) is 22.0 Å². The average Bonchev–Trinajstić information content (AvgIpc) is 3.06. The van der Waals surface area contributed by atoms with Gasteiger partial charge in [-0.25, -0.2) is 9.48 Å². The smallest absolute Gasteiger partial charge is 0.389 e. The number of halogens is 1. The van der Waals surface area contributed by atoms with Crippen molar-refractivity contribution in [3.8, 4) is 11.6 Å². The summed E-state index contributed by atoms with van der Waals surface area (Å²) in [6.07, 6.45) is 3.00. The van der Waals surface area contributed by atoms with Crippen LogP contribution in [0.2, 0.25) is 5.02 Å². The molecule has 2 aromatic carbocycles. The number of aromatic nitrogens is 3. The number of fused-ring (bicyclic) bond motifs is 3. The minimum Gasteiger partial charge on any atom is -0.389 e. The standard InChI is InChI=1S/C23H23ClN4O2/c1-14(2)27(15(3)4)23(29)30-22-21-19-9-8-17(24)12-16(19)7-10-20(21)28(26-22)18-6-5-11-25-13-18/h5-15H,1-4H3. The predicted octanol–water partition coefficient (Wildman–Crippen LogP) is 5.84. The van der Waals surface area contributed by atoms with Gasteiger partial charge in [-0.15, -0.1) is 5.10 Å². The Morgan fingerprint density at radius 1 is 1.10 bits per heavy atom. The lowest BCUT2D eigenvalue weighted by atomic mass is 10.1. The Kier molecular flexibility index (Phi) is 5.35. The van der Waals surface area contributed by atoms with Gasteiger partial charge >= 0.3 is 6.09 Å². The predicted molar refractivity (Wildman–Crippen MR) is 120 cm³/mol. The highest BCUT2D eigenvalue weighted by atomic mass is 35.5. The number of hydrogen-bond donors (Lipinski definition) is 0. The molecule has 0 aliphatic heterocycles. The molecule has 4 aromatic rings. The molecule has 4 rings (SSSR count). The second kappa shape index (κ2) is 7.95. The van der Waals surface area contributed by atoms with Crippen molar-refractivity contribution in [3.63, 3.8) is 0 Å². The van der Waals surface area contributed by atoms with Gasteiger partial charge < -0.3 is 9.64 Å². The van der Waals surface area contributed by atoms with E-state index in [0.29, 0.717) is 5.02 Å². The Bertz CT molecular complexity index is 1210. The van der Waals surface area contributed by atoms with Crippen molar-refractivity contribution in [2.45, 2.75) is 39.8 Å². The largest absolute Gasteiger partial charge is 0.417 e. The maximum atomic E-state index is 13.0. The first-order chi connectivity index (χ1) is 14.4. The van der Waals surface area contributed by atoms with E-state index in [1.807, 2.05) is 70.2 Å². The monoisotopic (exact) mass is 422 g/mol. The van der Waals surface area contributed by atoms with E-state index in [1.165, 1.54) is 0 Å². The van der Waals surface area contributed by atoms with Crippen LogP contribution in [0.3, 0.4) is 0 Å². The van der Waals surface area contributed by atoms with Gasteiger partial charge in [0.2, 0.25) is 0 Å². The lowest BCUT2D eigenvalue weighted by Crippen LogP contribution is -2.43. The highest BCUT2D eigenvalue weighted by molar-refractivity contribution is 6.31. The van der Waals surface area contributed by atoms with E-state index in [4.69, 9.17) is 16.3 Å². The molecule has 0 saturated carbocycles. The van der Waals surface area contributed by atoms with Crippen LogP contribution in [-0.2, 0) is 0 Å². The average molecular weight is 423 g/mol. The zero-order valence-corrected chi connectivity index (χ0v) is 18.1. The van der Waals surface area contributed by atoms with Gasteiger partial charge in [-0.1, -0.05) is 23.7 Å². The van der Waals surface area contributed by atoms with Gasteiger partial charge in [0.05, 0.1) is 22.8 Å². The van der Waals surface area contributed by atoms with Gasteiger partial charge in [0, 0.05) is 23.3 Å². The molecule has 2 aromatic heterocycles. The number of amides is 1. The van der Waals surface area contributed by atoms with E-state index in [2.05, 4.69) is 10.1 Å². The Morgan fingerprint density at radius 3 is 2.53 bits per heavy atom. The topological polar surface area (TPSA) is 60.3 Å². The summed E-state index contributed by atoms with van der Waals surface area (Å²) in [4.78, 5) is 18.9. The number of pyridine rings is 1. The first-order valence-electron chi connectivity index (χ1n) is 9.88. The van der Waals surface area contributed by atoms with Crippen LogP contribution in [0.1, 0.15) is 27.7 Å². The van der Waals surface area contributed by atoms with Gasteiger partial charge in [0.15, 0.2) is 0 Å². The van der Waals surface area contributed by atoms with Gasteiger partial charge in [0.25, 0.3) is 5.88 Å². The normalized spacial score (nSPS) is 11.6. The zero-order valence-electron chi connectivity index (χ0n) is 17.3. The minimum absolute atomic E-state index is 0.000256. The van der Waals surface area contributed by atoms with Crippen molar-refractivity contribution < 1.29 is 9.53 Å². The summed E-state index contributed by atoms with van der Waals surface area (Å²) in [6.45, 7) is 7.85. The minimum atomic E-state index is -0.427. The van der Waals surface area contributed by atoms with Crippen LogP contribution in [-0.4, -0.2) is 37.8 Å². The van der Waals surface area contributed by atoms with Crippen molar-refractivity contribution in [2.24, 2.45) is 0 Å². The molecule has 0 N–H and O–H groups in total. The molecule has 7 heteroatoms. The number of hydrogen-bond acceptors (Lipinski definition) is 4. The third-order valence-corrected chi connectivity index (χ3v) is 5.23.